The SMILES string of the molecule is CCC(CC)c1cc(N[C@H]2CC[C@H](N)C2)n2nccc2n1.CCC(CC)c1cc(N[C@H]2CC[C@H](NC(=O)OC(C)(C)C)C2)n2nccc2n1.S.S.S.S. The molecule has 4 aromatic rings. The third-order valence-corrected chi connectivity index (χ3v) is 9.90. The molecule has 0 aliphatic heterocycles. The molecule has 0 bridgehead atoms. The molecule has 2 saturated carbocycles. The first-order chi connectivity index (χ1) is 23.5. The molecule has 0 radical (unpaired) electrons. The lowest BCUT2D eigenvalue weighted by molar-refractivity contribution is 0.0505. The highest BCUT2D eigenvalue weighted by Gasteiger charge is 2.29. The molecule has 12 nitrogen and oxygen atoms in total. The predicted octanol–water partition coefficient (Wildman–Crippen LogP) is 7.87. The molecule has 2 aliphatic carbocycles. The van der Waals surface area contributed by atoms with Crippen LogP contribution in [0.5, 0.6) is 0 Å². The Balaban J connectivity index is 0.000000508. The Morgan fingerprint density at radius 3 is 1.60 bits per heavy atom. The number of carbonyl (C=O) groups is 1. The monoisotopic (exact) mass is 810 g/mol. The molecule has 0 aromatic carbocycles. The number of ether oxygens (including phenoxy) is 1. The second-order valence-corrected chi connectivity index (χ2v) is 14.8. The third-order valence-electron chi connectivity index (χ3n) is 9.90. The summed E-state index contributed by atoms with van der Waals surface area (Å²) in [5.74, 6) is 2.98. The molecule has 6 rings (SSSR count). The van der Waals surface area contributed by atoms with Gasteiger partial charge in [-0.2, -0.15) is 73.2 Å². The molecule has 53 heavy (non-hydrogen) atoms. The molecule has 4 atom stereocenters. The van der Waals surface area contributed by atoms with Crippen molar-refractivity contribution in [3.8, 4) is 0 Å². The quantitative estimate of drug-likeness (QED) is 0.119. The van der Waals surface area contributed by atoms with Gasteiger partial charge in [0, 0.05) is 71.7 Å². The van der Waals surface area contributed by atoms with Gasteiger partial charge in [0.2, 0.25) is 0 Å². The minimum absolute atomic E-state index is 0. The first kappa shape index (κ1) is 48.5. The number of nitrogens with one attached hydrogen (secondary N) is 3. The van der Waals surface area contributed by atoms with Crippen molar-refractivity contribution in [2.45, 2.75) is 154 Å². The van der Waals surface area contributed by atoms with Gasteiger partial charge in [-0.05, 0) is 85.0 Å². The number of hydrogen-bond acceptors (Lipinski definition) is 9. The lowest BCUT2D eigenvalue weighted by atomic mass is 9.99. The third kappa shape index (κ3) is 13.0. The van der Waals surface area contributed by atoms with Crippen LogP contribution >= 0.6 is 54.0 Å². The number of amides is 1. The fourth-order valence-corrected chi connectivity index (χ4v) is 7.19. The summed E-state index contributed by atoms with van der Waals surface area (Å²) in [4.78, 5) is 21.6. The highest BCUT2D eigenvalue weighted by molar-refractivity contribution is 7.59. The molecule has 2 aliphatic rings. The lowest BCUT2D eigenvalue weighted by Crippen LogP contribution is -2.38. The van der Waals surface area contributed by atoms with Gasteiger partial charge in [-0.1, -0.05) is 27.7 Å². The number of fused-ring (bicyclic) bond motifs is 2. The predicted molar refractivity (Wildman–Crippen MR) is 238 cm³/mol. The number of nitrogens with zero attached hydrogens (tertiary/aromatic N) is 6. The number of rotatable bonds is 11. The van der Waals surface area contributed by atoms with E-state index in [1.54, 1.807) is 6.20 Å². The minimum Gasteiger partial charge on any atom is -0.444 e. The summed E-state index contributed by atoms with van der Waals surface area (Å²) in [6.45, 7) is 14.5. The summed E-state index contributed by atoms with van der Waals surface area (Å²) in [6.07, 6.45) is 13.7. The second kappa shape index (κ2) is 22.1. The first-order valence-corrected chi connectivity index (χ1v) is 18.5. The summed E-state index contributed by atoms with van der Waals surface area (Å²) >= 11 is 0. The zero-order valence-electron chi connectivity index (χ0n) is 32.6. The van der Waals surface area contributed by atoms with Gasteiger partial charge in [0.05, 0.1) is 12.4 Å². The van der Waals surface area contributed by atoms with E-state index >= 15 is 0 Å². The number of anilines is 2. The topological polar surface area (TPSA) is 149 Å². The van der Waals surface area contributed by atoms with E-state index in [0.29, 0.717) is 23.9 Å². The second-order valence-electron chi connectivity index (χ2n) is 14.8. The van der Waals surface area contributed by atoms with E-state index in [0.717, 1.165) is 98.5 Å². The van der Waals surface area contributed by atoms with Crippen molar-refractivity contribution in [3.63, 3.8) is 0 Å². The highest BCUT2D eigenvalue weighted by atomic mass is 32.1. The van der Waals surface area contributed by atoms with Crippen molar-refractivity contribution >= 4 is 83.0 Å². The van der Waals surface area contributed by atoms with Crippen molar-refractivity contribution in [3.05, 3.63) is 48.0 Å². The molecule has 0 saturated heterocycles. The average molecular weight is 811 g/mol. The standard InChI is InChI=1S/C21H33N5O2.C16H25N5.4H2S/c1-6-14(7-2)17-13-19(26-18(25-17)10-11-22-26)23-15-8-9-16(12-15)24-20(27)28-21(3,4)5;1-3-11(4-2)14-10-16(19-13-6-5-12(17)9-13)21-15(20-14)7-8-18-21;;;;/h10-11,13-16,23H,6-9,12H2,1-5H3,(H,24,27);7-8,10-13,19H,3-6,9,17H2,1-2H3;4*1H2/t15-,16-;12-,13-;;;;/m00..../s1. The smallest absolute Gasteiger partial charge is 0.407 e. The van der Waals surface area contributed by atoms with Gasteiger partial charge in [0.25, 0.3) is 0 Å². The fraction of sp³-hybridized carbons (Fsp3) is 0.649. The summed E-state index contributed by atoms with van der Waals surface area (Å²) in [6, 6.07) is 9.40. The van der Waals surface area contributed by atoms with Crippen molar-refractivity contribution < 1.29 is 9.53 Å². The zero-order chi connectivity index (χ0) is 35.1. The molecule has 4 heterocycles. The van der Waals surface area contributed by atoms with Crippen LogP contribution < -0.4 is 21.7 Å². The molecule has 2 fully saturated rings. The molecule has 5 N–H and O–H groups in total. The van der Waals surface area contributed by atoms with E-state index in [2.05, 4.69) is 66.0 Å². The molecule has 0 spiro atoms. The molecule has 1 amide bonds. The minimum atomic E-state index is -0.478. The maximum absolute atomic E-state index is 12.0. The van der Waals surface area contributed by atoms with Crippen LogP contribution in [-0.2, 0) is 4.74 Å². The lowest BCUT2D eigenvalue weighted by Gasteiger charge is -2.22. The molecule has 300 valence electrons. The zero-order valence-corrected chi connectivity index (χ0v) is 36.6. The van der Waals surface area contributed by atoms with E-state index in [1.807, 2.05) is 48.1 Å². The van der Waals surface area contributed by atoms with Crippen molar-refractivity contribution in [2.75, 3.05) is 10.6 Å². The van der Waals surface area contributed by atoms with Gasteiger partial charge in [-0.3, -0.25) is 0 Å². The number of carbonyl (C=O) groups excluding carboxylic acids is 1. The van der Waals surface area contributed by atoms with Gasteiger partial charge in [0.15, 0.2) is 11.3 Å². The van der Waals surface area contributed by atoms with Gasteiger partial charge in [-0.15, -0.1) is 0 Å². The number of hydrogen-bond donors (Lipinski definition) is 4. The van der Waals surface area contributed by atoms with Crippen LogP contribution in [0.3, 0.4) is 0 Å². The van der Waals surface area contributed by atoms with E-state index in [1.165, 1.54) is 0 Å². The van der Waals surface area contributed by atoms with Crippen molar-refractivity contribution in [2.24, 2.45) is 5.73 Å². The Bertz CT molecular complexity index is 1670. The van der Waals surface area contributed by atoms with Crippen LogP contribution in [0.2, 0.25) is 0 Å². The number of alkyl carbamates (subject to hydrolysis) is 1. The average Bonchev–Trinajstić information content (AvgIpc) is 3.87. The van der Waals surface area contributed by atoms with E-state index in [9.17, 15) is 4.79 Å². The molecular formula is C37H66N10O2S4. The Hall–Kier alpha value is -2.53. The molecule has 0 unspecified atom stereocenters. The summed E-state index contributed by atoms with van der Waals surface area (Å²) < 4.78 is 9.13. The summed E-state index contributed by atoms with van der Waals surface area (Å²) in [5, 5.41) is 19.1. The summed E-state index contributed by atoms with van der Waals surface area (Å²) in [7, 11) is 0. The van der Waals surface area contributed by atoms with Crippen LogP contribution in [0.1, 0.15) is 136 Å². The van der Waals surface area contributed by atoms with E-state index < -0.39 is 5.60 Å². The van der Waals surface area contributed by atoms with Crippen molar-refractivity contribution in [1.29, 1.82) is 0 Å². The van der Waals surface area contributed by atoms with Crippen LogP contribution in [0.25, 0.3) is 11.3 Å². The Kier molecular flexibility index (Phi) is 20.2. The van der Waals surface area contributed by atoms with Crippen molar-refractivity contribution in [1.82, 2.24) is 34.5 Å². The molecule has 16 heteroatoms. The number of aromatic nitrogens is 6. The van der Waals surface area contributed by atoms with Gasteiger partial charge >= 0.3 is 6.09 Å². The Morgan fingerprint density at radius 1 is 0.755 bits per heavy atom. The van der Waals surface area contributed by atoms with Gasteiger partial charge in [-0.25, -0.2) is 14.8 Å². The molecule has 4 aromatic heterocycles. The summed E-state index contributed by atoms with van der Waals surface area (Å²) in [5.41, 5.74) is 9.61. The highest BCUT2D eigenvalue weighted by Crippen LogP contribution is 2.29. The Labute approximate surface area is 344 Å². The number of nitrogens with two attached hydrogens (primary N) is 1. The van der Waals surface area contributed by atoms with Crippen LogP contribution in [-0.4, -0.2) is 65.1 Å². The van der Waals surface area contributed by atoms with Gasteiger partial charge < -0.3 is 26.4 Å². The maximum atomic E-state index is 12.0. The van der Waals surface area contributed by atoms with Crippen LogP contribution in [0.15, 0.2) is 36.7 Å². The Morgan fingerprint density at radius 2 is 1.19 bits per heavy atom. The largest absolute Gasteiger partial charge is 0.444 e. The maximum Gasteiger partial charge on any atom is 0.407 e. The van der Waals surface area contributed by atoms with E-state index in [-0.39, 0.29) is 72.2 Å². The van der Waals surface area contributed by atoms with Gasteiger partial charge in [0.1, 0.15) is 17.2 Å². The van der Waals surface area contributed by atoms with Crippen LogP contribution in [0.4, 0.5) is 16.4 Å². The fourth-order valence-electron chi connectivity index (χ4n) is 7.19. The van der Waals surface area contributed by atoms with E-state index in [4.69, 9.17) is 20.4 Å². The van der Waals surface area contributed by atoms with Crippen LogP contribution in [0, 0.1) is 0 Å². The first-order valence-electron chi connectivity index (χ1n) is 18.5. The normalized spacial score (nSPS) is 19.4. The molecular weight excluding hydrogens is 745 g/mol.